The Morgan fingerprint density at radius 1 is 1.42 bits per heavy atom. The molecule has 0 saturated heterocycles. The number of thiophene rings is 1. The van der Waals surface area contributed by atoms with E-state index < -0.39 is 0 Å². The summed E-state index contributed by atoms with van der Waals surface area (Å²) in [5.41, 5.74) is 2.50. The molecule has 7 heteroatoms. The van der Waals surface area contributed by atoms with Crippen LogP contribution < -0.4 is 5.32 Å². The highest BCUT2D eigenvalue weighted by molar-refractivity contribution is 7.10. The number of hydrogen-bond donors (Lipinski definition) is 1. The highest BCUT2D eigenvalue weighted by atomic mass is 32.1. The molecule has 4 heterocycles. The van der Waals surface area contributed by atoms with Crippen molar-refractivity contribution in [2.75, 3.05) is 6.54 Å². The molecule has 1 aliphatic heterocycles. The first-order chi connectivity index (χ1) is 12.7. The van der Waals surface area contributed by atoms with Crippen molar-refractivity contribution >= 4 is 17.2 Å². The van der Waals surface area contributed by atoms with Crippen LogP contribution in [0.25, 0.3) is 0 Å². The number of fused-ring (bicyclic) bond motifs is 1. The number of amides is 1. The summed E-state index contributed by atoms with van der Waals surface area (Å²) in [5.74, 6) is 0.776. The predicted octanol–water partition coefficient (Wildman–Crippen LogP) is 3.11. The fourth-order valence-electron chi connectivity index (χ4n) is 3.39. The molecule has 0 unspecified atom stereocenters. The fourth-order valence-corrected chi connectivity index (χ4v) is 4.34. The number of carbonyl (C=O) groups excluding carboxylic acids is 1. The van der Waals surface area contributed by atoms with Crippen molar-refractivity contribution in [3.05, 3.63) is 64.0 Å². The van der Waals surface area contributed by atoms with Gasteiger partial charge < -0.3 is 9.73 Å². The summed E-state index contributed by atoms with van der Waals surface area (Å²) in [6, 6.07) is 7.93. The van der Waals surface area contributed by atoms with Crippen molar-refractivity contribution in [3.63, 3.8) is 0 Å². The number of furan rings is 1. The van der Waals surface area contributed by atoms with Crippen LogP contribution in [0.3, 0.4) is 0 Å². The molecule has 0 radical (unpaired) electrons. The molecule has 0 fully saturated rings. The van der Waals surface area contributed by atoms with Crippen LogP contribution in [0.15, 0.2) is 46.5 Å². The van der Waals surface area contributed by atoms with Gasteiger partial charge in [0, 0.05) is 30.7 Å². The first-order valence-corrected chi connectivity index (χ1v) is 9.64. The van der Waals surface area contributed by atoms with Crippen molar-refractivity contribution in [1.29, 1.82) is 0 Å². The quantitative estimate of drug-likeness (QED) is 0.724. The molecule has 26 heavy (non-hydrogen) atoms. The third-order valence-corrected chi connectivity index (χ3v) is 5.76. The molecule has 0 spiro atoms. The van der Waals surface area contributed by atoms with Gasteiger partial charge in [0.2, 0.25) is 5.91 Å². The Hall–Kier alpha value is -2.38. The van der Waals surface area contributed by atoms with Gasteiger partial charge >= 0.3 is 0 Å². The van der Waals surface area contributed by atoms with Gasteiger partial charge in [0.05, 0.1) is 31.0 Å². The molecule has 0 saturated carbocycles. The van der Waals surface area contributed by atoms with E-state index in [1.54, 1.807) is 17.6 Å². The molecular formula is C19H22N4O2S. The summed E-state index contributed by atoms with van der Waals surface area (Å²) < 4.78 is 7.27. The fraction of sp³-hybridized carbons (Fsp3) is 0.368. The number of aromatic nitrogens is 2. The second-order valence-electron chi connectivity index (χ2n) is 6.68. The van der Waals surface area contributed by atoms with Crippen LogP contribution in [0.1, 0.15) is 34.4 Å². The van der Waals surface area contributed by atoms with Gasteiger partial charge in [-0.15, -0.1) is 11.3 Å². The summed E-state index contributed by atoms with van der Waals surface area (Å²) in [5, 5.41) is 9.52. The third kappa shape index (κ3) is 3.73. The molecule has 0 aromatic carbocycles. The Labute approximate surface area is 156 Å². The van der Waals surface area contributed by atoms with Crippen LogP contribution in [0.5, 0.6) is 0 Å². The lowest BCUT2D eigenvalue weighted by Crippen LogP contribution is -2.39. The molecule has 0 aliphatic carbocycles. The second kappa shape index (κ2) is 7.47. The first kappa shape index (κ1) is 17.1. The van der Waals surface area contributed by atoms with Gasteiger partial charge in [-0.25, -0.2) is 0 Å². The largest absolute Gasteiger partial charge is 0.467 e. The maximum atomic E-state index is 12.4. The number of nitrogens with one attached hydrogen (secondary N) is 1. The van der Waals surface area contributed by atoms with E-state index in [-0.39, 0.29) is 11.9 Å². The van der Waals surface area contributed by atoms with E-state index >= 15 is 0 Å². The maximum Gasteiger partial charge on any atom is 0.222 e. The Kier molecular flexibility index (Phi) is 4.90. The van der Waals surface area contributed by atoms with Crippen molar-refractivity contribution in [1.82, 2.24) is 20.0 Å². The average Bonchev–Trinajstić information content (AvgIpc) is 3.36. The Morgan fingerprint density at radius 2 is 2.35 bits per heavy atom. The molecule has 6 nitrogen and oxygen atoms in total. The van der Waals surface area contributed by atoms with E-state index in [1.807, 2.05) is 29.1 Å². The van der Waals surface area contributed by atoms with Gasteiger partial charge in [0.15, 0.2) is 0 Å². The van der Waals surface area contributed by atoms with Crippen LogP contribution in [0, 0.1) is 6.92 Å². The molecule has 0 bridgehead atoms. The molecule has 1 N–H and O–H groups in total. The topological polar surface area (TPSA) is 63.3 Å². The van der Waals surface area contributed by atoms with E-state index in [0.717, 1.165) is 31.1 Å². The van der Waals surface area contributed by atoms with E-state index in [2.05, 4.69) is 33.7 Å². The minimum atomic E-state index is 0.0157. The summed E-state index contributed by atoms with van der Waals surface area (Å²) >= 11 is 1.79. The zero-order valence-corrected chi connectivity index (χ0v) is 15.5. The minimum absolute atomic E-state index is 0.0157. The van der Waals surface area contributed by atoms with Gasteiger partial charge in [0.1, 0.15) is 5.76 Å². The SMILES string of the molecule is Cc1ccsc1CN1Cc2ccnn2[C@@H](CC(=O)NCc2ccco2)C1. The average molecular weight is 370 g/mol. The lowest BCUT2D eigenvalue weighted by atomic mass is 10.1. The standard InChI is InChI=1S/C19H22N4O2S/c1-14-5-8-26-18(14)13-22-11-15-4-6-21-23(15)16(12-22)9-19(24)20-10-17-3-2-7-25-17/h2-8,16H,9-13H2,1H3,(H,20,24)/t16-/m0/s1. The second-order valence-corrected chi connectivity index (χ2v) is 7.68. The molecule has 3 aromatic rings. The molecule has 4 rings (SSSR count). The van der Waals surface area contributed by atoms with Crippen LogP contribution >= 0.6 is 11.3 Å². The van der Waals surface area contributed by atoms with Crippen molar-refractivity contribution in [2.45, 2.75) is 39.0 Å². The minimum Gasteiger partial charge on any atom is -0.467 e. The van der Waals surface area contributed by atoms with Crippen LogP contribution in [0.2, 0.25) is 0 Å². The summed E-state index contributed by atoms with van der Waals surface area (Å²) in [7, 11) is 0. The van der Waals surface area contributed by atoms with E-state index in [0.29, 0.717) is 13.0 Å². The van der Waals surface area contributed by atoms with Crippen molar-refractivity contribution in [3.8, 4) is 0 Å². The molecule has 1 amide bonds. The number of aryl methyl sites for hydroxylation is 1. The van der Waals surface area contributed by atoms with Crippen molar-refractivity contribution in [2.24, 2.45) is 0 Å². The lowest BCUT2D eigenvalue weighted by Gasteiger charge is -2.33. The number of carbonyl (C=O) groups is 1. The van der Waals surface area contributed by atoms with Gasteiger partial charge in [-0.2, -0.15) is 5.10 Å². The molecule has 3 aromatic heterocycles. The summed E-state index contributed by atoms with van der Waals surface area (Å²) in [6.45, 7) is 5.17. The van der Waals surface area contributed by atoms with E-state index in [4.69, 9.17) is 4.42 Å². The van der Waals surface area contributed by atoms with E-state index in [9.17, 15) is 4.79 Å². The Balaban J connectivity index is 1.41. The predicted molar refractivity (Wildman–Crippen MR) is 99.6 cm³/mol. The number of hydrogen-bond acceptors (Lipinski definition) is 5. The zero-order valence-electron chi connectivity index (χ0n) is 14.7. The monoisotopic (exact) mass is 370 g/mol. The van der Waals surface area contributed by atoms with E-state index in [1.165, 1.54) is 10.4 Å². The first-order valence-electron chi connectivity index (χ1n) is 8.76. The summed E-state index contributed by atoms with van der Waals surface area (Å²) in [4.78, 5) is 16.2. The van der Waals surface area contributed by atoms with Gasteiger partial charge in [0.25, 0.3) is 0 Å². The molecule has 1 aliphatic rings. The highest BCUT2D eigenvalue weighted by Gasteiger charge is 2.27. The van der Waals surface area contributed by atoms with Crippen molar-refractivity contribution < 1.29 is 9.21 Å². The smallest absolute Gasteiger partial charge is 0.222 e. The molecule has 1 atom stereocenters. The van der Waals surface area contributed by atoms with Crippen LogP contribution in [-0.2, 0) is 24.4 Å². The summed E-state index contributed by atoms with van der Waals surface area (Å²) in [6.07, 6.45) is 3.85. The molecule has 136 valence electrons. The van der Waals surface area contributed by atoms with Gasteiger partial charge in [-0.05, 0) is 42.1 Å². The zero-order chi connectivity index (χ0) is 17.9. The third-order valence-electron chi connectivity index (χ3n) is 4.75. The number of nitrogens with zero attached hydrogens (tertiary/aromatic N) is 3. The lowest BCUT2D eigenvalue weighted by molar-refractivity contribution is -0.122. The molecular weight excluding hydrogens is 348 g/mol. The normalized spacial score (nSPS) is 17.2. The van der Waals surface area contributed by atoms with Gasteiger partial charge in [-0.3, -0.25) is 14.4 Å². The highest BCUT2D eigenvalue weighted by Crippen LogP contribution is 2.26. The van der Waals surface area contributed by atoms with Crippen LogP contribution in [-0.4, -0.2) is 27.1 Å². The Morgan fingerprint density at radius 3 is 3.12 bits per heavy atom. The maximum absolute atomic E-state index is 12.4. The van der Waals surface area contributed by atoms with Gasteiger partial charge in [-0.1, -0.05) is 0 Å². The number of rotatable bonds is 6. The Bertz CT molecular complexity index is 868. The van der Waals surface area contributed by atoms with Crippen LogP contribution in [0.4, 0.5) is 0 Å².